The number of nitrogens with two attached hydrogens (primary N) is 1. The summed E-state index contributed by atoms with van der Waals surface area (Å²) in [6.45, 7) is 3.57. The highest BCUT2D eigenvalue weighted by Gasteiger charge is 1.98. The molecule has 102 valence electrons. The van der Waals surface area contributed by atoms with Crippen LogP contribution < -0.4 is 11.1 Å². The molecule has 19 heavy (non-hydrogen) atoms. The van der Waals surface area contributed by atoms with Crippen molar-refractivity contribution in [1.82, 2.24) is 10.3 Å². The second-order valence-electron chi connectivity index (χ2n) is 4.14. The zero-order chi connectivity index (χ0) is 13.5. The maximum absolute atomic E-state index is 5.81. The highest BCUT2D eigenvalue weighted by Crippen LogP contribution is 2.11. The summed E-state index contributed by atoms with van der Waals surface area (Å²) in [6.07, 6.45) is 3.73. The van der Waals surface area contributed by atoms with Crippen LogP contribution in [0.15, 0.2) is 28.7 Å². The second-order valence-corrected chi connectivity index (χ2v) is 6.49. The first-order chi connectivity index (χ1) is 9.24. The molecule has 0 saturated carbocycles. The van der Waals surface area contributed by atoms with Crippen molar-refractivity contribution in [2.45, 2.75) is 19.8 Å². The average molecular weight is 294 g/mol. The van der Waals surface area contributed by atoms with Crippen LogP contribution in [-0.2, 0) is 12.8 Å². The molecule has 2 rings (SSSR count). The minimum absolute atomic E-state index is 0.518. The molecule has 2 aromatic heterocycles. The normalized spacial score (nSPS) is 11.7. The molecule has 0 spiro atoms. The number of hydrogen-bond donors (Lipinski definition) is 2. The van der Waals surface area contributed by atoms with Crippen LogP contribution in [0.4, 0.5) is 0 Å². The SMILES string of the molecule is Cc1cnc(CCN=C(N)NCCc2cccs2)s1. The molecule has 0 unspecified atom stereocenters. The molecule has 2 heterocycles. The Morgan fingerprint density at radius 1 is 1.47 bits per heavy atom. The number of rotatable bonds is 6. The average Bonchev–Trinajstić information content (AvgIpc) is 3.01. The lowest BCUT2D eigenvalue weighted by Crippen LogP contribution is -2.33. The van der Waals surface area contributed by atoms with Gasteiger partial charge in [0.1, 0.15) is 0 Å². The van der Waals surface area contributed by atoms with Gasteiger partial charge in [0.15, 0.2) is 5.96 Å². The highest BCUT2D eigenvalue weighted by molar-refractivity contribution is 7.11. The predicted molar refractivity (Wildman–Crippen MR) is 83.1 cm³/mol. The number of nitrogens with one attached hydrogen (secondary N) is 1. The first-order valence-electron chi connectivity index (χ1n) is 6.21. The lowest BCUT2D eigenvalue weighted by atomic mass is 10.3. The third-order valence-corrected chi connectivity index (χ3v) is 4.44. The molecule has 0 radical (unpaired) electrons. The summed E-state index contributed by atoms with van der Waals surface area (Å²) >= 11 is 3.48. The Morgan fingerprint density at radius 2 is 2.37 bits per heavy atom. The number of aliphatic imine (C=N–C) groups is 1. The molecule has 0 fully saturated rings. The van der Waals surface area contributed by atoms with Crippen molar-refractivity contribution in [2.75, 3.05) is 13.1 Å². The smallest absolute Gasteiger partial charge is 0.188 e. The van der Waals surface area contributed by atoms with Crippen LogP contribution in [0.3, 0.4) is 0 Å². The minimum atomic E-state index is 0.518. The minimum Gasteiger partial charge on any atom is -0.370 e. The summed E-state index contributed by atoms with van der Waals surface area (Å²) in [5.74, 6) is 0.518. The Labute approximate surface area is 121 Å². The Hall–Kier alpha value is -1.40. The molecule has 0 bridgehead atoms. The van der Waals surface area contributed by atoms with E-state index in [1.165, 1.54) is 9.75 Å². The van der Waals surface area contributed by atoms with E-state index in [-0.39, 0.29) is 0 Å². The van der Waals surface area contributed by atoms with Crippen molar-refractivity contribution in [1.29, 1.82) is 0 Å². The number of hydrogen-bond acceptors (Lipinski definition) is 4. The zero-order valence-corrected chi connectivity index (χ0v) is 12.6. The molecule has 0 aromatic carbocycles. The van der Waals surface area contributed by atoms with Crippen molar-refractivity contribution < 1.29 is 0 Å². The van der Waals surface area contributed by atoms with Gasteiger partial charge in [-0.25, -0.2) is 4.98 Å². The van der Waals surface area contributed by atoms with Gasteiger partial charge in [0, 0.05) is 35.5 Å². The van der Waals surface area contributed by atoms with E-state index in [0.29, 0.717) is 12.5 Å². The van der Waals surface area contributed by atoms with Crippen molar-refractivity contribution >= 4 is 28.6 Å². The summed E-state index contributed by atoms with van der Waals surface area (Å²) in [5, 5.41) is 6.33. The molecule has 6 heteroatoms. The molecule has 0 aliphatic rings. The molecule has 0 amide bonds. The van der Waals surface area contributed by atoms with E-state index < -0.39 is 0 Å². The van der Waals surface area contributed by atoms with Gasteiger partial charge in [-0.2, -0.15) is 0 Å². The fourth-order valence-electron chi connectivity index (χ4n) is 1.61. The summed E-state index contributed by atoms with van der Waals surface area (Å²) < 4.78 is 0. The van der Waals surface area contributed by atoms with Crippen LogP contribution >= 0.6 is 22.7 Å². The van der Waals surface area contributed by atoms with Crippen LogP contribution in [0.2, 0.25) is 0 Å². The molecular weight excluding hydrogens is 276 g/mol. The standard InChI is InChI=1S/C13H18N4S2/c1-10-9-17-12(19-10)5-7-16-13(14)15-6-4-11-3-2-8-18-11/h2-3,8-9H,4-7H2,1H3,(H3,14,15,16). The Kier molecular flexibility index (Phi) is 5.35. The van der Waals surface area contributed by atoms with E-state index >= 15 is 0 Å². The highest BCUT2D eigenvalue weighted by atomic mass is 32.1. The van der Waals surface area contributed by atoms with Gasteiger partial charge < -0.3 is 11.1 Å². The summed E-state index contributed by atoms with van der Waals surface area (Å²) in [5.41, 5.74) is 5.81. The van der Waals surface area contributed by atoms with E-state index in [9.17, 15) is 0 Å². The molecule has 3 N–H and O–H groups in total. The van der Waals surface area contributed by atoms with Crippen molar-refractivity contribution in [3.05, 3.63) is 38.5 Å². The third-order valence-electron chi connectivity index (χ3n) is 2.53. The number of aromatic nitrogens is 1. The van der Waals surface area contributed by atoms with Crippen molar-refractivity contribution in [3.8, 4) is 0 Å². The summed E-state index contributed by atoms with van der Waals surface area (Å²) in [6, 6.07) is 4.19. The van der Waals surface area contributed by atoms with Gasteiger partial charge in [0.05, 0.1) is 5.01 Å². The first-order valence-corrected chi connectivity index (χ1v) is 7.91. The van der Waals surface area contributed by atoms with Gasteiger partial charge in [-0.15, -0.1) is 22.7 Å². The number of nitrogens with zero attached hydrogens (tertiary/aromatic N) is 2. The van der Waals surface area contributed by atoms with E-state index in [1.54, 1.807) is 22.7 Å². The van der Waals surface area contributed by atoms with Gasteiger partial charge in [0.25, 0.3) is 0 Å². The molecule has 4 nitrogen and oxygen atoms in total. The number of thiazole rings is 1. The van der Waals surface area contributed by atoms with Gasteiger partial charge in [-0.05, 0) is 24.8 Å². The zero-order valence-electron chi connectivity index (χ0n) is 10.9. The number of guanidine groups is 1. The van der Waals surface area contributed by atoms with Gasteiger partial charge in [-0.1, -0.05) is 6.07 Å². The fraction of sp³-hybridized carbons (Fsp3) is 0.385. The number of thiophene rings is 1. The van der Waals surface area contributed by atoms with Crippen molar-refractivity contribution in [2.24, 2.45) is 10.7 Å². The second kappa shape index (κ2) is 7.25. The van der Waals surface area contributed by atoms with Crippen LogP contribution in [0.5, 0.6) is 0 Å². The third kappa shape index (κ3) is 5.00. The Morgan fingerprint density at radius 3 is 3.05 bits per heavy atom. The van der Waals surface area contributed by atoms with E-state index in [0.717, 1.165) is 24.4 Å². The maximum Gasteiger partial charge on any atom is 0.188 e. The topological polar surface area (TPSA) is 63.3 Å². The summed E-state index contributed by atoms with van der Waals surface area (Å²) in [4.78, 5) is 11.2. The quantitative estimate of drug-likeness (QED) is 0.634. The Balaban J connectivity index is 1.65. The van der Waals surface area contributed by atoms with Gasteiger partial charge in [0.2, 0.25) is 0 Å². The van der Waals surface area contributed by atoms with Crippen LogP contribution in [0.1, 0.15) is 14.8 Å². The van der Waals surface area contributed by atoms with Crippen LogP contribution in [-0.4, -0.2) is 24.0 Å². The molecule has 0 atom stereocenters. The van der Waals surface area contributed by atoms with Gasteiger partial charge in [-0.3, -0.25) is 4.99 Å². The lowest BCUT2D eigenvalue weighted by Gasteiger charge is -2.04. The van der Waals surface area contributed by atoms with Crippen molar-refractivity contribution in [3.63, 3.8) is 0 Å². The van der Waals surface area contributed by atoms with Crippen LogP contribution in [0, 0.1) is 6.92 Å². The predicted octanol–water partition coefficient (Wildman–Crippen LogP) is 2.20. The largest absolute Gasteiger partial charge is 0.370 e. The van der Waals surface area contributed by atoms with E-state index in [2.05, 4.69) is 39.7 Å². The first kappa shape index (κ1) is 14.0. The molecular formula is C13H18N4S2. The lowest BCUT2D eigenvalue weighted by molar-refractivity contribution is 0.851. The monoisotopic (exact) mass is 294 g/mol. The van der Waals surface area contributed by atoms with E-state index in [4.69, 9.17) is 5.73 Å². The molecule has 0 aliphatic carbocycles. The number of aryl methyl sites for hydroxylation is 1. The maximum atomic E-state index is 5.81. The molecule has 2 aromatic rings. The molecule has 0 saturated heterocycles. The molecule has 0 aliphatic heterocycles. The van der Waals surface area contributed by atoms with Gasteiger partial charge >= 0.3 is 0 Å². The van der Waals surface area contributed by atoms with Crippen LogP contribution in [0.25, 0.3) is 0 Å². The fourth-order valence-corrected chi connectivity index (χ4v) is 3.10. The Bertz CT molecular complexity index is 516. The van der Waals surface area contributed by atoms with E-state index in [1.807, 2.05) is 6.20 Å². The summed E-state index contributed by atoms with van der Waals surface area (Å²) in [7, 11) is 0.